The molecule has 0 aliphatic heterocycles. The van der Waals surface area contributed by atoms with Crippen LogP contribution in [-0.4, -0.2) is 29.9 Å². The van der Waals surface area contributed by atoms with E-state index in [1.165, 1.54) is 0 Å². The fraction of sp³-hybridized carbons (Fsp3) is 0.208. The first-order valence-electron chi connectivity index (χ1n) is 9.77. The van der Waals surface area contributed by atoms with Crippen LogP contribution in [0, 0.1) is 6.92 Å². The number of amides is 2. The molecular weight excluding hydrogens is 362 g/mol. The maximum atomic E-state index is 13.1. The molecule has 0 saturated carbocycles. The number of anilines is 2. The molecular formula is C24H25N3O2. The zero-order valence-corrected chi connectivity index (χ0v) is 17.0. The van der Waals surface area contributed by atoms with Crippen molar-refractivity contribution in [3.63, 3.8) is 0 Å². The zero-order chi connectivity index (χ0) is 20.8. The lowest BCUT2D eigenvalue weighted by molar-refractivity contribution is 0.0979. The molecule has 0 spiro atoms. The number of carbonyl (C=O) groups is 2. The van der Waals surface area contributed by atoms with Crippen molar-refractivity contribution in [3.8, 4) is 0 Å². The number of aromatic nitrogens is 1. The Bertz CT molecular complexity index is 1000. The van der Waals surface area contributed by atoms with Gasteiger partial charge in [-0.05, 0) is 62.7 Å². The van der Waals surface area contributed by atoms with E-state index in [9.17, 15) is 9.59 Å². The summed E-state index contributed by atoms with van der Waals surface area (Å²) in [7, 11) is 0. The van der Waals surface area contributed by atoms with Crippen LogP contribution >= 0.6 is 0 Å². The summed E-state index contributed by atoms with van der Waals surface area (Å²) in [5.74, 6) is -0.456. The molecule has 0 N–H and O–H groups in total. The predicted molar refractivity (Wildman–Crippen MR) is 117 cm³/mol. The fourth-order valence-corrected chi connectivity index (χ4v) is 3.24. The standard InChI is InChI=1S/C24H25N3O2/c1-4-26(19-12-7-6-8-13-19)23(28)21-15-10-16-22(25-21)24(29)27(5-2)20-14-9-11-18(3)17-20/h6-17H,4-5H2,1-3H3. The number of benzene rings is 2. The Labute approximate surface area is 171 Å². The molecule has 2 amide bonds. The first-order valence-corrected chi connectivity index (χ1v) is 9.77. The lowest BCUT2D eigenvalue weighted by Gasteiger charge is -2.22. The summed E-state index contributed by atoms with van der Waals surface area (Å²) in [6.07, 6.45) is 0. The highest BCUT2D eigenvalue weighted by Gasteiger charge is 2.21. The van der Waals surface area contributed by atoms with Crippen molar-refractivity contribution in [2.75, 3.05) is 22.9 Å². The molecule has 0 aliphatic carbocycles. The van der Waals surface area contributed by atoms with E-state index < -0.39 is 0 Å². The van der Waals surface area contributed by atoms with E-state index in [-0.39, 0.29) is 23.2 Å². The number of rotatable bonds is 6. The summed E-state index contributed by atoms with van der Waals surface area (Å²) < 4.78 is 0. The maximum absolute atomic E-state index is 13.1. The summed E-state index contributed by atoms with van der Waals surface area (Å²) in [5, 5.41) is 0. The first kappa shape index (κ1) is 20.3. The minimum absolute atomic E-state index is 0.226. The summed E-state index contributed by atoms with van der Waals surface area (Å²) in [6.45, 7) is 6.84. The molecule has 29 heavy (non-hydrogen) atoms. The van der Waals surface area contributed by atoms with Gasteiger partial charge in [0.2, 0.25) is 0 Å². The van der Waals surface area contributed by atoms with E-state index in [0.717, 1.165) is 16.9 Å². The van der Waals surface area contributed by atoms with Crippen LogP contribution in [-0.2, 0) is 0 Å². The molecule has 5 heteroatoms. The largest absolute Gasteiger partial charge is 0.307 e. The van der Waals surface area contributed by atoms with Gasteiger partial charge in [-0.15, -0.1) is 0 Å². The van der Waals surface area contributed by atoms with E-state index in [4.69, 9.17) is 0 Å². The second kappa shape index (κ2) is 9.15. The van der Waals surface area contributed by atoms with Gasteiger partial charge in [0.05, 0.1) is 0 Å². The Morgan fingerprint density at radius 1 is 0.724 bits per heavy atom. The van der Waals surface area contributed by atoms with Gasteiger partial charge < -0.3 is 9.80 Å². The van der Waals surface area contributed by atoms with E-state index in [2.05, 4.69) is 4.98 Å². The maximum Gasteiger partial charge on any atom is 0.276 e. The SMILES string of the molecule is CCN(C(=O)c1cccc(C(=O)N(CC)c2cccc(C)c2)n1)c1ccccc1. The molecule has 3 aromatic rings. The number of pyridine rings is 1. The Hall–Kier alpha value is -3.47. The molecule has 0 radical (unpaired) electrons. The van der Waals surface area contributed by atoms with Crippen molar-refractivity contribution in [3.05, 3.63) is 89.7 Å². The van der Waals surface area contributed by atoms with Crippen LogP contribution in [0.25, 0.3) is 0 Å². The van der Waals surface area contributed by atoms with Gasteiger partial charge in [-0.3, -0.25) is 9.59 Å². The summed E-state index contributed by atoms with van der Waals surface area (Å²) in [5.41, 5.74) is 3.20. The number of carbonyl (C=O) groups excluding carboxylic acids is 2. The van der Waals surface area contributed by atoms with E-state index in [1.54, 1.807) is 28.0 Å². The van der Waals surface area contributed by atoms with Crippen LogP contribution in [0.15, 0.2) is 72.8 Å². The lowest BCUT2D eigenvalue weighted by Crippen LogP contribution is -2.34. The topological polar surface area (TPSA) is 53.5 Å². The van der Waals surface area contributed by atoms with Crippen LogP contribution in [0.4, 0.5) is 11.4 Å². The molecule has 1 heterocycles. The second-order valence-electron chi connectivity index (χ2n) is 6.68. The highest BCUT2D eigenvalue weighted by molar-refractivity contribution is 6.08. The average molecular weight is 387 g/mol. The fourth-order valence-electron chi connectivity index (χ4n) is 3.24. The van der Waals surface area contributed by atoms with Gasteiger partial charge in [-0.25, -0.2) is 4.98 Å². The number of nitrogens with zero attached hydrogens (tertiary/aromatic N) is 3. The Morgan fingerprint density at radius 3 is 1.79 bits per heavy atom. The lowest BCUT2D eigenvalue weighted by atomic mass is 10.2. The van der Waals surface area contributed by atoms with Gasteiger partial charge in [0.25, 0.3) is 11.8 Å². The van der Waals surface area contributed by atoms with Crippen molar-refractivity contribution in [1.29, 1.82) is 0 Å². The molecule has 0 bridgehead atoms. The van der Waals surface area contributed by atoms with E-state index in [1.807, 2.05) is 75.4 Å². The zero-order valence-electron chi connectivity index (χ0n) is 17.0. The van der Waals surface area contributed by atoms with Crippen molar-refractivity contribution >= 4 is 23.2 Å². The van der Waals surface area contributed by atoms with Gasteiger partial charge in [-0.1, -0.05) is 36.4 Å². The minimum atomic E-state index is -0.230. The predicted octanol–water partition coefficient (Wildman–Crippen LogP) is 4.72. The smallest absolute Gasteiger partial charge is 0.276 e. The third kappa shape index (κ3) is 4.51. The van der Waals surface area contributed by atoms with Gasteiger partial charge in [0, 0.05) is 24.5 Å². The van der Waals surface area contributed by atoms with Crippen LogP contribution in [0.2, 0.25) is 0 Å². The second-order valence-corrected chi connectivity index (χ2v) is 6.68. The highest BCUT2D eigenvalue weighted by atomic mass is 16.2. The van der Waals surface area contributed by atoms with Gasteiger partial charge in [-0.2, -0.15) is 0 Å². The molecule has 0 saturated heterocycles. The molecule has 148 valence electrons. The molecule has 1 aromatic heterocycles. The first-order chi connectivity index (χ1) is 14.0. The Kier molecular flexibility index (Phi) is 6.39. The number of hydrogen-bond acceptors (Lipinski definition) is 3. The van der Waals surface area contributed by atoms with Crippen molar-refractivity contribution in [1.82, 2.24) is 4.98 Å². The molecule has 5 nitrogen and oxygen atoms in total. The Morgan fingerprint density at radius 2 is 1.24 bits per heavy atom. The molecule has 0 unspecified atom stereocenters. The number of aryl methyl sites for hydroxylation is 1. The third-order valence-electron chi connectivity index (χ3n) is 4.69. The Balaban J connectivity index is 1.90. The molecule has 0 fully saturated rings. The van der Waals surface area contributed by atoms with Crippen LogP contribution in [0.1, 0.15) is 40.4 Å². The molecule has 3 rings (SSSR count). The molecule has 2 aromatic carbocycles. The number of para-hydroxylation sites is 1. The van der Waals surface area contributed by atoms with Crippen molar-refractivity contribution < 1.29 is 9.59 Å². The van der Waals surface area contributed by atoms with E-state index >= 15 is 0 Å². The minimum Gasteiger partial charge on any atom is -0.307 e. The van der Waals surface area contributed by atoms with Gasteiger partial charge in [0.15, 0.2) is 0 Å². The van der Waals surface area contributed by atoms with Crippen molar-refractivity contribution in [2.24, 2.45) is 0 Å². The molecule has 0 aliphatic rings. The van der Waals surface area contributed by atoms with Crippen LogP contribution in [0.3, 0.4) is 0 Å². The van der Waals surface area contributed by atoms with Crippen LogP contribution < -0.4 is 9.80 Å². The summed E-state index contributed by atoms with van der Waals surface area (Å²) in [6, 6.07) is 22.2. The van der Waals surface area contributed by atoms with Crippen LogP contribution in [0.5, 0.6) is 0 Å². The van der Waals surface area contributed by atoms with Gasteiger partial charge in [0.1, 0.15) is 11.4 Å². The highest BCUT2D eigenvalue weighted by Crippen LogP contribution is 2.19. The molecule has 0 atom stereocenters. The third-order valence-corrected chi connectivity index (χ3v) is 4.69. The van der Waals surface area contributed by atoms with Gasteiger partial charge >= 0.3 is 0 Å². The summed E-state index contributed by atoms with van der Waals surface area (Å²) in [4.78, 5) is 33.9. The average Bonchev–Trinajstić information content (AvgIpc) is 2.75. The monoisotopic (exact) mass is 387 g/mol. The summed E-state index contributed by atoms with van der Waals surface area (Å²) >= 11 is 0. The van der Waals surface area contributed by atoms with Crippen molar-refractivity contribution in [2.45, 2.75) is 20.8 Å². The quantitative estimate of drug-likeness (QED) is 0.615. The normalized spacial score (nSPS) is 10.4. The number of hydrogen-bond donors (Lipinski definition) is 0. The van der Waals surface area contributed by atoms with E-state index in [0.29, 0.717) is 13.1 Å².